The molecular weight excluding hydrogens is 166 g/mol. The Morgan fingerprint density at radius 3 is 2.54 bits per heavy atom. The second-order valence-electron chi connectivity index (χ2n) is 3.78. The molecule has 0 unspecified atom stereocenters. The van der Waals surface area contributed by atoms with E-state index in [2.05, 4.69) is 13.8 Å². The standard InChI is InChI=1S/C10H21NO2/c1-3-4-5-6-8(2)7-9(11)10(12)13/h8-9H,3-7,11H2,1-2H3,(H,12,13)/t8-,9+/m1/s1. The van der Waals surface area contributed by atoms with Gasteiger partial charge in [0.05, 0.1) is 0 Å². The average molecular weight is 187 g/mol. The number of hydrogen-bond donors (Lipinski definition) is 2. The average Bonchev–Trinajstić information content (AvgIpc) is 2.04. The molecule has 0 radical (unpaired) electrons. The monoisotopic (exact) mass is 187 g/mol. The lowest BCUT2D eigenvalue weighted by molar-refractivity contribution is -0.138. The number of nitrogens with two attached hydrogens (primary N) is 1. The zero-order chi connectivity index (χ0) is 10.3. The van der Waals surface area contributed by atoms with Crippen LogP contribution < -0.4 is 5.73 Å². The maximum Gasteiger partial charge on any atom is 0.320 e. The van der Waals surface area contributed by atoms with E-state index in [1.165, 1.54) is 19.3 Å². The molecule has 0 saturated carbocycles. The molecule has 2 atom stereocenters. The molecule has 0 aromatic carbocycles. The van der Waals surface area contributed by atoms with Crippen LogP contribution in [0.4, 0.5) is 0 Å². The summed E-state index contributed by atoms with van der Waals surface area (Å²) >= 11 is 0. The molecule has 0 bridgehead atoms. The van der Waals surface area contributed by atoms with Crippen LogP contribution in [0.25, 0.3) is 0 Å². The highest BCUT2D eigenvalue weighted by Crippen LogP contribution is 2.14. The zero-order valence-corrected chi connectivity index (χ0v) is 8.62. The van der Waals surface area contributed by atoms with Crippen molar-refractivity contribution in [2.45, 2.75) is 52.0 Å². The Hall–Kier alpha value is -0.570. The summed E-state index contributed by atoms with van der Waals surface area (Å²) < 4.78 is 0. The highest BCUT2D eigenvalue weighted by atomic mass is 16.4. The van der Waals surface area contributed by atoms with Gasteiger partial charge in [0.15, 0.2) is 0 Å². The van der Waals surface area contributed by atoms with E-state index in [1.807, 2.05) is 0 Å². The predicted octanol–water partition coefficient (Wildman–Crippen LogP) is 2.00. The van der Waals surface area contributed by atoms with E-state index in [-0.39, 0.29) is 0 Å². The molecule has 0 saturated heterocycles. The topological polar surface area (TPSA) is 63.3 Å². The van der Waals surface area contributed by atoms with Crippen molar-refractivity contribution in [3.63, 3.8) is 0 Å². The van der Waals surface area contributed by atoms with Gasteiger partial charge in [0, 0.05) is 0 Å². The van der Waals surface area contributed by atoms with Gasteiger partial charge in [-0.25, -0.2) is 0 Å². The number of carboxylic acid groups (broad SMARTS) is 1. The van der Waals surface area contributed by atoms with Crippen molar-refractivity contribution < 1.29 is 9.90 Å². The first-order valence-corrected chi connectivity index (χ1v) is 5.06. The highest BCUT2D eigenvalue weighted by Gasteiger charge is 2.14. The van der Waals surface area contributed by atoms with E-state index in [4.69, 9.17) is 10.8 Å². The second kappa shape index (κ2) is 6.89. The first-order chi connectivity index (χ1) is 6.07. The van der Waals surface area contributed by atoms with Crippen LogP contribution in [-0.2, 0) is 4.79 Å². The van der Waals surface area contributed by atoms with Gasteiger partial charge in [0.25, 0.3) is 0 Å². The molecule has 13 heavy (non-hydrogen) atoms. The Labute approximate surface area is 80.3 Å². The van der Waals surface area contributed by atoms with Crippen LogP contribution in [0.15, 0.2) is 0 Å². The molecule has 0 rings (SSSR count). The zero-order valence-electron chi connectivity index (χ0n) is 8.62. The van der Waals surface area contributed by atoms with Crippen molar-refractivity contribution in [3.8, 4) is 0 Å². The second-order valence-corrected chi connectivity index (χ2v) is 3.78. The van der Waals surface area contributed by atoms with Crippen molar-refractivity contribution in [1.29, 1.82) is 0 Å². The smallest absolute Gasteiger partial charge is 0.320 e. The Morgan fingerprint density at radius 1 is 1.46 bits per heavy atom. The molecule has 0 aliphatic rings. The van der Waals surface area contributed by atoms with E-state index in [1.54, 1.807) is 0 Å². The van der Waals surface area contributed by atoms with Crippen molar-refractivity contribution in [1.82, 2.24) is 0 Å². The number of carboxylic acids is 1. The molecule has 0 amide bonds. The Bertz CT molecular complexity index is 148. The summed E-state index contributed by atoms with van der Waals surface area (Å²) in [5.74, 6) is -0.458. The van der Waals surface area contributed by atoms with Gasteiger partial charge in [-0.1, -0.05) is 39.5 Å². The fraction of sp³-hybridized carbons (Fsp3) is 0.900. The minimum absolute atomic E-state index is 0.428. The van der Waals surface area contributed by atoms with E-state index in [0.29, 0.717) is 12.3 Å². The summed E-state index contributed by atoms with van der Waals surface area (Å²) in [7, 11) is 0. The van der Waals surface area contributed by atoms with Gasteiger partial charge in [0.1, 0.15) is 6.04 Å². The number of aliphatic carboxylic acids is 1. The quantitative estimate of drug-likeness (QED) is 0.599. The number of rotatable bonds is 7. The molecule has 0 fully saturated rings. The van der Waals surface area contributed by atoms with E-state index in [0.717, 1.165) is 6.42 Å². The van der Waals surface area contributed by atoms with E-state index >= 15 is 0 Å². The Balaban J connectivity index is 3.49. The van der Waals surface area contributed by atoms with Crippen molar-refractivity contribution >= 4 is 5.97 Å². The number of carbonyl (C=O) groups is 1. The minimum atomic E-state index is -0.887. The summed E-state index contributed by atoms with van der Waals surface area (Å²) in [5.41, 5.74) is 5.42. The third-order valence-electron chi connectivity index (χ3n) is 2.27. The molecule has 0 aliphatic heterocycles. The fourth-order valence-corrected chi connectivity index (χ4v) is 1.39. The van der Waals surface area contributed by atoms with Crippen LogP contribution >= 0.6 is 0 Å². The normalized spacial score (nSPS) is 15.3. The lowest BCUT2D eigenvalue weighted by atomic mass is 9.96. The fourth-order valence-electron chi connectivity index (χ4n) is 1.39. The van der Waals surface area contributed by atoms with Crippen LogP contribution in [-0.4, -0.2) is 17.1 Å². The maximum atomic E-state index is 10.4. The predicted molar refractivity (Wildman–Crippen MR) is 53.5 cm³/mol. The lowest BCUT2D eigenvalue weighted by Gasteiger charge is -2.13. The van der Waals surface area contributed by atoms with Crippen LogP contribution in [0.5, 0.6) is 0 Å². The Kier molecular flexibility index (Phi) is 6.59. The van der Waals surface area contributed by atoms with Crippen LogP contribution in [0.3, 0.4) is 0 Å². The van der Waals surface area contributed by atoms with Crippen molar-refractivity contribution in [3.05, 3.63) is 0 Å². The summed E-state index contributed by atoms with van der Waals surface area (Å²) in [4.78, 5) is 10.4. The minimum Gasteiger partial charge on any atom is -0.480 e. The van der Waals surface area contributed by atoms with Gasteiger partial charge in [-0.05, 0) is 12.3 Å². The van der Waals surface area contributed by atoms with Crippen molar-refractivity contribution in [2.75, 3.05) is 0 Å². The van der Waals surface area contributed by atoms with Gasteiger partial charge >= 0.3 is 5.97 Å². The van der Waals surface area contributed by atoms with Gasteiger partial charge < -0.3 is 10.8 Å². The third-order valence-corrected chi connectivity index (χ3v) is 2.27. The van der Waals surface area contributed by atoms with Crippen LogP contribution in [0, 0.1) is 5.92 Å². The molecular formula is C10H21NO2. The molecule has 0 aromatic rings. The van der Waals surface area contributed by atoms with Crippen LogP contribution in [0.2, 0.25) is 0 Å². The molecule has 3 N–H and O–H groups in total. The summed E-state index contributed by atoms with van der Waals surface area (Å²) in [6, 6.07) is -0.684. The SMILES string of the molecule is CCCCC[C@@H](C)C[C@H](N)C(=O)O. The maximum absolute atomic E-state index is 10.4. The summed E-state index contributed by atoms with van der Waals surface area (Å²) in [6.45, 7) is 4.23. The largest absolute Gasteiger partial charge is 0.480 e. The molecule has 3 heteroatoms. The van der Waals surface area contributed by atoms with E-state index < -0.39 is 12.0 Å². The molecule has 0 spiro atoms. The number of unbranched alkanes of at least 4 members (excludes halogenated alkanes) is 2. The third kappa shape index (κ3) is 6.58. The first-order valence-electron chi connectivity index (χ1n) is 5.06. The van der Waals surface area contributed by atoms with Gasteiger partial charge in [0.2, 0.25) is 0 Å². The molecule has 3 nitrogen and oxygen atoms in total. The van der Waals surface area contributed by atoms with Gasteiger partial charge in [-0.3, -0.25) is 4.79 Å². The summed E-state index contributed by atoms with van der Waals surface area (Å²) in [5, 5.41) is 8.58. The molecule has 0 heterocycles. The molecule has 78 valence electrons. The van der Waals surface area contributed by atoms with Gasteiger partial charge in [-0.2, -0.15) is 0 Å². The highest BCUT2D eigenvalue weighted by molar-refractivity contribution is 5.72. The molecule has 0 aliphatic carbocycles. The number of hydrogen-bond acceptors (Lipinski definition) is 2. The first kappa shape index (κ1) is 12.4. The Morgan fingerprint density at radius 2 is 2.08 bits per heavy atom. The summed E-state index contributed by atoms with van der Waals surface area (Å²) in [6.07, 6.45) is 5.31. The van der Waals surface area contributed by atoms with Gasteiger partial charge in [-0.15, -0.1) is 0 Å². The lowest BCUT2D eigenvalue weighted by Crippen LogP contribution is -2.31. The molecule has 0 aromatic heterocycles. The van der Waals surface area contributed by atoms with E-state index in [9.17, 15) is 4.79 Å². The van der Waals surface area contributed by atoms with Crippen LogP contribution in [0.1, 0.15) is 46.0 Å². The van der Waals surface area contributed by atoms with Crippen molar-refractivity contribution in [2.24, 2.45) is 11.7 Å².